The van der Waals surface area contributed by atoms with Crippen LogP contribution < -0.4 is 5.32 Å². The lowest BCUT2D eigenvalue weighted by atomic mass is 10.3. The number of hydrogen-bond acceptors (Lipinski definition) is 7. The van der Waals surface area contributed by atoms with Gasteiger partial charge in [-0.2, -0.15) is 4.68 Å². The molecule has 0 amide bonds. The zero-order valence-electron chi connectivity index (χ0n) is 13.4. The van der Waals surface area contributed by atoms with Gasteiger partial charge in [-0.15, -0.1) is 5.10 Å². The second-order valence-electron chi connectivity index (χ2n) is 5.39. The van der Waals surface area contributed by atoms with Gasteiger partial charge in [0.25, 0.3) is 0 Å². The number of nitrogens with zero attached hydrogens (tertiary/aromatic N) is 6. The molecule has 2 aromatic carbocycles. The molecule has 0 saturated heterocycles. The van der Waals surface area contributed by atoms with Crippen LogP contribution in [0.5, 0.6) is 0 Å². The fourth-order valence-corrected chi connectivity index (χ4v) is 2.86. The van der Waals surface area contributed by atoms with Crippen LogP contribution in [0.2, 0.25) is 0 Å². The summed E-state index contributed by atoms with van der Waals surface area (Å²) in [6, 6.07) is 11.2. The van der Waals surface area contributed by atoms with Crippen molar-refractivity contribution >= 4 is 44.2 Å². The van der Waals surface area contributed by atoms with Gasteiger partial charge < -0.3 is 5.32 Å². The van der Waals surface area contributed by atoms with Crippen molar-refractivity contribution in [2.75, 3.05) is 5.32 Å². The SMILES string of the molecule is O=[N+]([O-])c1c(Nc2ccc(Br)cc2F)ncnc1-n1nnc2ccccc21. The molecule has 134 valence electrons. The molecule has 0 saturated carbocycles. The van der Waals surface area contributed by atoms with E-state index < -0.39 is 16.4 Å². The molecule has 11 heteroatoms. The van der Waals surface area contributed by atoms with Crippen LogP contribution in [0, 0.1) is 15.9 Å². The average molecular weight is 430 g/mol. The minimum atomic E-state index is -0.648. The van der Waals surface area contributed by atoms with Crippen molar-refractivity contribution in [3.8, 4) is 5.82 Å². The summed E-state index contributed by atoms with van der Waals surface area (Å²) < 4.78 is 15.9. The van der Waals surface area contributed by atoms with Crippen molar-refractivity contribution < 1.29 is 9.31 Å². The lowest BCUT2D eigenvalue weighted by molar-refractivity contribution is -0.384. The lowest BCUT2D eigenvalue weighted by Gasteiger charge is -2.09. The first-order valence-corrected chi connectivity index (χ1v) is 8.36. The molecule has 0 fully saturated rings. The molecule has 0 unspecified atom stereocenters. The molecule has 27 heavy (non-hydrogen) atoms. The average Bonchev–Trinajstić information content (AvgIpc) is 3.07. The van der Waals surface area contributed by atoms with Crippen LogP contribution in [0.1, 0.15) is 0 Å². The predicted octanol–water partition coefficient (Wildman–Crippen LogP) is 3.76. The molecular weight excluding hydrogens is 421 g/mol. The Morgan fingerprint density at radius 1 is 1.19 bits per heavy atom. The van der Waals surface area contributed by atoms with Gasteiger partial charge in [-0.25, -0.2) is 14.4 Å². The molecular formula is C16H9BrFN7O2. The summed E-state index contributed by atoms with van der Waals surface area (Å²) in [6.07, 6.45) is 1.14. The predicted molar refractivity (Wildman–Crippen MR) is 98.5 cm³/mol. The largest absolute Gasteiger partial charge is 0.356 e. The summed E-state index contributed by atoms with van der Waals surface area (Å²) in [7, 11) is 0. The molecule has 0 bridgehead atoms. The van der Waals surface area contributed by atoms with Gasteiger partial charge in [0.1, 0.15) is 17.7 Å². The van der Waals surface area contributed by atoms with E-state index in [1.54, 1.807) is 30.3 Å². The highest BCUT2D eigenvalue weighted by Gasteiger charge is 2.26. The van der Waals surface area contributed by atoms with Crippen molar-refractivity contribution in [2.45, 2.75) is 0 Å². The summed E-state index contributed by atoms with van der Waals surface area (Å²) in [5, 5.41) is 22.3. The maximum absolute atomic E-state index is 14.1. The Morgan fingerprint density at radius 2 is 2.00 bits per heavy atom. The van der Waals surface area contributed by atoms with Gasteiger partial charge in [0.2, 0.25) is 11.6 Å². The maximum atomic E-state index is 14.1. The van der Waals surface area contributed by atoms with Crippen LogP contribution in [0.3, 0.4) is 0 Å². The smallest absolute Gasteiger partial charge is 0.332 e. The zero-order valence-corrected chi connectivity index (χ0v) is 15.0. The molecule has 4 aromatic rings. The van der Waals surface area contributed by atoms with Crippen LogP contribution in [-0.2, 0) is 0 Å². The topological polar surface area (TPSA) is 112 Å². The highest BCUT2D eigenvalue weighted by atomic mass is 79.9. The van der Waals surface area contributed by atoms with E-state index in [1.165, 1.54) is 16.8 Å². The summed E-state index contributed by atoms with van der Waals surface area (Å²) in [5.41, 5.74) is 0.684. The number of benzene rings is 2. The van der Waals surface area contributed by atoms with Crippen LogP contribution in [0.25, 0.3) is 16.9 Å². The third kappa shape index (κ3) is 3.08. The van der Waals surface area contributed by atoms with Crippen molar-refractivity contribution in [2.24, 2.45) is 0 Å². The molecule has 4 rings (SSSR count). The van der Waals surface area contributed by atoms with Crippen molar-refractivity contribution in [1.29, 1.82) is 0 Å². The molecule has 2 heterocycles. The first-order chi connectivity index (χ1) is 13.0. The second kappa shape index (κ2) is 6.68. The van der Waals surface area contributed by atoms with Gasteiger partial charge in [0.05, 0.1) is 16.1 Å². The number of hydrogen-bond donors (Lipinski definition) is 1. The minimum Gasteiger partial charge on any atom is -0.332 e. The standard InChI is InChI=1S/C16H9BrFN7O2/c17-9-5-6-11(10(18)7-9)21-15-14(25(26)27)16(20-8-19-15)24-13-4-2-1-3-12(13)22-23-24/h1-8H,(H,19,20,21). The summed E-state index contributed by atoms with van der Waals surface area (Å²) in [4.78, 5) is 19.0. The third-order valence-corrected chi connectivity index (χ3v) is 4.22. The lowest BCUT2D eigenvalue weighted by Crippen LogP contribution is -2.09. The molecule has 0 aliphatic rings. The monoisotopic (exact) mass is 429 g/mol. The van der Waals surface area contributed by atoms with Crippen LogP contribution in [0.4, 0.5) is 21.6 Å². The van der Waals surface area contributed by atoms with Crippen LogP contribution in [0.15, 0.2) is 53.3 Å². The van der Waals surface area contributed by atoms with E-state index in [0.29, 0.717) is 15.5 Å². The summed E-state index contributed by atoms with van der Waals surface area (Å²) in [5.74, 6) is -0.834. The van der Waals surface area contributed by atoms with E-state index in [9.17, 15) is 14.5 Å². The highest BCUT2D eigenvalue weighted by Crippen LogP contribution is 2.32. The molecule has 9 nitrogen and oxygen atoms in total. The number of fused-ring (bicyclic) bond motifs is 1. The summed E-state index contributed by atoms with van der Waals surface area (Å²) in [6.45, 7) is 0. The molecule has 0 aliphatic heterocycles. The first kappa shape index (κ1) is 17.0. The molecule has 0 aliphatic carbocycles. The minimum absolute atomic E-state index is 0.0365. The Labute approximate surface area is 159 Å². The van der Waals surface area contributed by atoms with Crippen molar-refractivity contribution in [3.63, 3.8) is 0 Å². The number of aromatic nitrogens is 5. The Balaban J connectivity index is 1.87. The zero-order chi connectivity index (χ0) is 19.0. The summed E-state index contributed by atoms with van der Waals surface area (Å²) >= 11 is 3.16. The molecule has 0 spiro atoms. The van der Waals surface area contributed by atoms with E-state index in [2.05, 4.69) is 41.5 Å². The number of para-hydroxylation sites is 1. The van der Waals surface area contributed by atoms with Gasteiger partial charge in [0, 0.05) is 4.47 Å². The van der Waals surface area contributed by atoms with Crippen molar-refractivity contribution in [1.82, 2.24) is 25.0 Å². The quantitative estimate of drug-likeness (QED) is 0.388. The van der Waals surface area contributed by atoms with Gasteiger partial charge in [-0.1, -0.05) is 33.3 Å². The highest BCUT2D eigenvalue weighted by molar-refractivity contribution is 9.10. The number of anilines is 2. The van der Waals surface area contributed by atoms with Crippen LogP contribution in [-0.4, -0.2) is 29.9 Å². The van der Waals surface area contributed by atoms with Crippen LogP contribution >= 0.6 is 15.9 Å². The maximum Gasteiger partial charge on any atom is 0.356 e. The van der Waals surface area contributed by atoms with Crippen molar-refractivity contribution in [3.05, 3.63) is 69.2 Å². The number of halogens is 2. The Morgan fingerprint density at radius 3 is 2.78 bits per heavy atom. The van der Waals surface area contributed by atoms with E-state index in [4.69, 9.17) is 0 Å². The van der Waals surface area contributed by atoms with E-state index in [1.807, 2.05) is 0 Å². The van der Waals surface area contributed by atoms with Gasteiger partial charge in [-0.3, -0.25) is 10.1 Å². The normalized spacial score (nSPS) is 10.9. The van der Waals surface area contributed by atoms with E-state index >= 15 is 0 Å². The van der Waals surface area contributed by atoms with E-state index in [-0.39, 0.29) is 17.3 Å². The second-order valence-corrected chi connectivity index (χ2v) is 6.31. The van der Waals surface area contributed by atoms with E-state index in [0.717, 1.165) is 6.33 Å². The first-order valence-electron chi connectivity index (χ1n) is 7.57. The van der Waals surface area contributed by atoms with Gasteiger partial charge >= 0.3 is 5.69 Å². The van der Waals surface area contributed by atoms with Gasteiger partial charge in [0.15, 0.2) is 0 Å². The Kier molecular flexibility index (Phi) is 4.20. The Hall–Kier alpha value is -3.47. The molecule has 2 aromatic heterocycles. The number of rotatable bonds is 4. The number of nitrogens with one attached hydrogen (secondary N) is 1. The number of nitro groups is 1. The third-order valence-electron chi connectivity index (χ3n) is 3.72. The molecule has 1 N–H and O–H groups in total. The molecule has 0 atom stereocenters. The fraction of sp³-hybridized carbons (Fsp3) is 0. The van der Waals surface area contributed by atoms with Gasteiger partial charge in [-0.05, 0) is 30.3 Å². The molecule has 0 radical (unpaired) electrons. The fourth-order valence-electron chi connectivity index (χ4n) is 2.53. The Bertz CT molecular complexity index is 1180.